The van der Waals surface area contributed by atoms with Crippen molar-refractivity contribution in [3.05, 3.63) is 91.2 Å². The molecule has 2 aromatic carbocycles. The van der Waals surface area contributed by atoms with Gasteiger partial charge in [0.25, 0.3) is 0 Å². The molecule has 33 heavy (non-hydrogen) atoms. The van der Waals surface area contributed by atoms with Crippen molar-refractivity contribution in [2.45, 2.75) is 13.8 Å². The number of nitrogens with zero attached hydrogens (tertiary/aromatic N) is 2. The average Bonchev–Trinajstić information content (AvgIpc) is 3.47. The highest BCUT2D eigenvalue weighted by Crippen LogP contribution is 2.45. The van der Waals surface area contributed by atoms with Crippen LogP contribution < -0.4 is 0 Å². The minimum Gasteiger partial charge on any atom is -0.291 e. The number of pyridine rings is 1. The van der Waals surface area contributed by atoms with Crippen molar-refractivity contribution < 1.29 is 0 Å². The average molecular weight is 505 g/mol. The van der Waals surface area contributed by atoms with Crippen LogP contribution in [0.1, 0.15) is 9.75 Å². The van der Waals surface area contributed by atoms with Crippen molar-refractivity contribution in [1.82, 2.24) is 9.38 Å². The van der Waals surface area contributed by atoms with Crippen molar-refractivity contribution in [2.75, 3.05) is 0 Å². The Hall–Kier alpha value is -2.63. The summed E-state index contributed by atoms with van der Waals surface area (Å²) in [5.74, 6) is 0. The number of benzene rings is 2. The van der Waals surface area contributed by atoms with E-state index >= 15 is 0 Å². The molecule has 0 fully saturated rings. The largest absolute Gasteiger partial charge is 0.291 e. The predicted molar refractivity (Wildman–Crippen MR) is 144 cm³/mol. The van der Waals surface area contributed by atoms with E-state index in [1.807, 2.05) is 12.1 Å². The topological polar surface area (TPSA) is 17.3 Å². The summed E-state index contributed by atoms with van der Waals surface area (Å²) in [5, 5.41) is 2.27. The Bertz CT molecular complexity index is 1660. The van der Waals surface area contributed by atoms with Crippen LogP contribution in [0.3, 0.4) is 0 Å². The van der Waals surface area contributed by atoms with Crippen LogP contribution in [0.25, 0.3) is 50.2 Å². The van der Waals surface area contributed by atoms with E-state index in [1.165, 1.54) is 0 Å². The number of halogens is 2. The van der Waals surface area contributed by atoms with Crippen LogP contribution in [0.5, 0.6) is 0 Å². The Morgan fingerprint density at radius 1 is 0.758 bits per heavy atom. The van der Waals surface area contributed by atoms with Crippen molar-refractivity contribution >= 4 is 62.3 Å². The number of rotatable bonds is 3. The molecule has 0 aliphatic heterocycles. The summed E-state index contributed by atoms with van der Waals surface area (Å²) in [4.78, 5) is 7.58. The molecule has 0 unspecified atom stereocenters. The van der Waals surface area contributed by atoms with E-state index < -0.39 is 0 Å². The second-order valence-corrected chi connectivity index (χ2v) is 11.8. The Morgan fingerprint density at radius 3 is 2.06 bits per heavy atom. The van der Waals surface area contributed by atoms with Crippen molar-refractivity contribution in [3.8, 4) is 33.8 Å². The van der Waals surface area contributed by atoms with Crippen LogP contribution in [0, 0.1) is 13.8 Å². The number of thiophene rings is 2. The third kappa shape index (κ3) is 3.41. The number of hydrogen-bond acceptors (Lipinski definition) is 3. The molecule has 2 nitrogen and oxygen atoms in total. The standard InChI is InChI=1S/C27H18Cl2N2S2/c1-15-20(13-23(28)32-15)25-26(21-14-24(29)33-16(21)2)31-22(17-8-4-3-5-9-17)12-18-10-6-7-11-19(18)27(31)30-25/h3-14H,1-2H3. The summed E-state index contributed by atoms with van der Waals surface area (Å²) in [7, 11) is 0. The zero-order valence-electron chi connectivity index (χ0n) is 17.9. The van der Waals surface area contributed by atoms with Gasteiger partial charge in [-0.25, -0.2) is 4.98 Å². The molecule has 162 valence electrons. The maximum atomic E-state index is 6.49. The molecule has 0 saturated heterocycles. The minimum atomic E-state index is 0.763. The molecule has 4 heterocycles. The third-order valence-electron chi connectivity index (χ3n) is 5.97. The van der Waals surface area contributed by atoms with Gasteiger partial charge in [0.2, 0.25) is 0 Å². The molecule has 0 amide bonds. The van der Waals surface area contributed by atoms with E-state index in [0.29, 0.717) is 0 Å². The molecule has 0 atom stereocenters. The molecule has 0 bridgehead atoms. The quantitative estimate of drug-likeness (QED) is 0.234. The Balaban J connectivity index is 1.85. The lowest BCUT2D eigenvalue weighted by Gasteiger charge is -2.13. The summed E-state index contributed by atoms with van der Waals surface area (Å²) in [6.07, 6.45) is 0. The first-order valence-electron chi connectivity index (χ1n) is 10.5. The van der Waals surface area contributed by atoms with Gasteiger partial charge in [-0.05, 0) is 43.0 Å². The van der Waals surface area contributed by atoms with Crippen molar-refractivity contribution in [2.24, 2.45) is 0 Å². The molecule has 0 aliphatic rings. The number of imidazole rings is 1. The van der Waals surface area contributed by atoms with Gasteiger partial charge in [-0.15, -0.1) is 22.7 Å². The van der Waals surface area contributed by atoms with Gasteiger partial charge in [0.15, 0.2) is 0 Å². The molecule has 6 rings (SSSR count). The fraction of sp³-hybridized carbons (Fsp3) is 0.0741. The van der Waals surface area contributed by atoms with Gasteiger partial charge in [0.1, 0.15) is 5.65 Å². The van der Waals surface area contributed by atoms with Crippen LogP contribution >= 0.6 is 45.9 Å². The maximum absolute atomic E-state index is 6.49. The van der Waals surface area contributed by atoms with E-state index in [2.05, 4.69) is 78.9 Å². The maximum Gasteiger partial charge on any atom is 0.146 e. The van der Waals surface area contributed by atoms with E-state index in [4.69, 9.17) is 28.2 Å². The molecule has 0 N–H and O–H groups in total. The third-order valence-corrected chi connectivity index (χ3v) is 8.33. The zero-order chi connectivity index (χ0) is 22.7. The van der Waals surface area contributed by atoms with Crippen LogP contribution in [0.2, 0.25) is 8.67 Å². The first-order valence-corrected chi connectivity index (χ1v) is 12.9. The summed E-state index contributed by atoms with van der Waals surface area (Å²) in [6.45, 7) is 4.22. The smallest absolute Gasteiger partial charge is 0.146 e. The molecular weight excluding hydrogens is 487 g/mol. The van der Waals surface area contributed by atoms with E-state index in [1.54, 1.807) is 22.7 Å². The monoisotopic (exact) mass is 504 g/mol. The number of aromatic nitrogens is 2. The fourth-order valence-electron chi connectivity index (χ4n) is 4.49. The van der Waals surface area contributed by atoms with Gasteiger partial charge in [0, 0.05) is 26.3 Å². The minimum absolute atomic E-state index is 0.763. The normalized spacial score (nSPS) is 11.6. The van der Waals surface area contributed by atoms with Crippen LogP contribution in [0.15, 0.2) is 72.8 Å². The van der Waals surface area contributed by atoms with Crippen molar-refractivity contribution in [1.29, 1.82) is 0 Å². The van der Waals surface area contributed by atoms with Gasteiger partial charge < -0.3 is 0 Å². The summed E-state index contributed by atoms with van der Waals surface area (Å²) in [6, 6.07) is 25.2. The highest BCUT2D eigenvalue weighted by atomic mass is 35.5. The van der Waals surface area contributed by atoms with Crippen LogP contribution in [-0.2, 0) is 0 Å². The first-order chi connectivity index (χ1) is 16.0. The second-order valence-electron chi connectivity index (χ2n) is 7.99. The molecular formula is C27H18Cl2N2S2. The highest BCUT2D eigenvalue weighted by Gasteiger charge is 2.25. The molecule has 0 aliphatic carbocycles. The number of fused-ring (bicyclic) bond motifs is 3. The Morgan fingerprint density at radius 2 is 1.39 bits per heavy atom. The lowest BCUT2D eigenvalue weighted by Crippen LogP contribution is -1.96. The highest BCUT2D eigenvalue weighted by molar-refractivity contribution is 7.17. The Kier molecular flexibility index (Phi) is 5.07. The molecule has 0 radical (unpaired) electrons. The summed E-state index contributed by atoms with van der Waals surface area (Å²) in [5.41, 5.74) is 7.31. The lowest BCUT2D eigenvalue weighted by molar-refractivity contribution is 1.21. The van der Waals surface area contributed by atoms with E-state index in [0.717, 1.165) is 68.6 Å². The number of aryl methyl sites for hydroxylation is 2. The van der Waals surface area contributed by atoms with Gasteiger partial charge in [-0.3, -0.25) is 4.40 Å². The molecule has 0 spiro atoms. The summed E-state index contributed by atoms with van der Waals surface area (Å²) < 4.78 is 3.83. The van der Waals surface area contributed by atoms with Gasteiger partial charge in [0.05, 0.1) is 25.8 Å². The summed E-state index contributed by atoms with van der Waals surface area (Å²) >= 11 is 16.1. The zero-order valence-corrected chi connectivity index (χ0v) is 21.0. The molecule has 0 saturated carbocycles. The van der Waals surface area contributed by atoms with Crippen LogP contribution in [-0.4, -0.2) is 9.38 Å². The molecule has 4 aromatic heterocycles. The van der Waals surface area contributed by atoms with Crippen molar-refractivity contribution in [3.63, 3.8) is 0 Å². The molecule has 6 heteroatoms. The number of hydrogen-bond donors (Lipinski definition) is 0. The lowest BCUT2D eigenvalue weighted by atomic mass is 10.0. The SMILES string of the molecule is Cc1sc(Cl)cc1-c1nc2c3ccccc3cc(-c3ccccc3)n2c1-c1cc(Cl)sc1C. The fourth-order valence-corrected chi connectivity index (χ4v) is 6.88. The Labute approximate surface area is 209 Å². The van der Waals surface area contributed by atoms with Crippen LogP contribution in [0.4, 0.5) is 0 Å². The van der Waals surface area contributed by atoms with E-state index in [9.17, 15) is 0 Å². The van der Waals surface area contributed by atoms with Gasteiger partial charge in [-0.2, -0.15) is 0 Å². The van der Waals surface area contributed by atoms with E-state index in [-0.39, 0.29) is 0 Å². The van der Waals surface area contributed by atoms with Gasteiger partial charge in [-0.1, -0.05) is 77.8 Å². The molecule has 6 aromatic rings. The second kappa shape index (κ2) is 8.00. The first kappa shape index (κ1) is 20.9. The van der Waals surface area contributed by atoms with Gasteiger partial charge >= 0.3 is 0 Å². The predicted octanol–water partition coefficient (Wildman–Crippen LogP) is 9.54.